The van der Waals surface area contributed by atoms with Crippen LogP contribution in [0.3, 0.4) is 0 Å². The number of rotatable bonds is 3. The highest BCUT2D eigenvalue weighted by Crippen LogP contribution is 2.27. The van der Waals surface area contributed by atoms with Crippen LogP contribution in [-0.2, 0) is 0 Å². The van der Waals surface area contributed by atoms with Gasteiger partial charge in [0, 0.05) is 10.6 Å². The summed E-state index contributed by atoms with van der Waals surface area (Å²) in [4.78, 5) is 12.4. The maximum Gasteiger partial charge on any atom is 0.257 e. The fraction of sp³-hybridized carbons (Fsp3) is 0. The fourth-order valence-corrected chi connectivity index (χ4v) is 2.44. The molecule has 0 fully saturated rings. The molecule has 108 valence electrons. The van der Waals surface area contributed by atoms with Crippen LogP contribution in [0.1, 0.15) is 15.9 Å². The number of nitrogens with two attached hydrogens (primary N) is 1. The molecule has 3 N–H and O–H groups in total. The average Bonchev–Trinajstić information content (AvgIpc) is 2.41. The van der Waals surface area contributed by atoms with E-state index in [-0.39, 0.29) is 15.6 Å². The number of carbonyl (C=O) groups is 1. The van der Waals surface area contributed by atoms with Gasteiger partial charge >= 0.3 is 0 Å². The summed E-state index contributed by atoms with van der Waals surface area (Å²) in [6, 6.07) is 9.63. The van der Waals surface area contributed by atoms with Crippen molar-refractivity contribution in [3.05, 3.63) is 62.6 Å². The highest BCUT2D eigenvalue weighted by Gasteiger charge is 2.15. The van der Waals surface area contributed by atoms with Gasteiger partial charge in [-0.15, -0.1) is 0 Å². The second-order valence-corrected chi connectivity index (χ2v) is 5.77. The lowest BCUT2D eigenvalue weighted by molar-refractivity contribution is 0.102. The molecule has 2 aromatic carbocycles. The van der Waals surface area contributed by atoms with Crippen LogP contribution in [0.4, 0.5) is 5.69 Å². The molecule has 2 rings (SSSR count). The molecule has 3 nitrogen and oxygen atoms in total. The molecule has 0 atom stereocenters. The van der Waals surface area contributed by atoms with E-state index in [1.807, 2.05) is 0 Å². The number of halogens is 3. The maximum absolute atomic E-state index is 12.3. The van der Waals surface area contributed by atoms with E-state index in [0.29, 0.717) is 21.3 Å². The van der Waals surface area contributed by atoms with Gasteiger partial charge in [-0.05, 0) is 30.3 Å². The second-order valence-electron chi connectivity index (χ2n) is 4.11. The van der Waals surface area contributed by atoms with Gasteiger partial charge in [-0.3, -0.25) is 4.79 Å². The summed E-state index contributed by atoms with van der Waals surface area (Å²) in [5.41, 5.74) is 6.80. The van der Waals surface area contributed by atoms with Gasteiger partial charge in [-0.2, -0.15) is 0 Å². The van der Waals surface area contributed by atoms with E-state index < -0.39 is 5.91 Å². The molecule has 1 amide bonds. The SMILES string of the molecule is NC(=S)c1ccc(Cl)cc1NC(=O)c1cccc(Cl)c1Cl. The molecule has 2 aromatic rings. The second kappa shape index (κ2) is 6.62. The minimum absolute atomic E-state index is 0.152. The molecule has 0 saturated carbocycles. The Morgan fingerprint density at radius 3 is 2.48 bits per heavy atom. The van der Waals surface area contributed by atoms with Crippen LogP contribution < -0.4 is 11.1 Å². The lowest BCUT2D eigenvalue weighted by atomic mass is 10.1. The molecule has 0 heterocycles. The third-order valence-electron chi connectivity index (χ3n) is 2.69. The van der Waals surface area contributed by atoms with E-state index in [9.17, 15) is 4.79 Å². The number of carbonyl (C=O) groups excluding carboxylic acids is 1. The number of hydrogen-bond donors (Lipinski definition) is 2. The van der Waals surface area contributed by atoms with Crippen molar-refractivity contribution >= 4 is 63.6 Å². The normalized spacial score (nSPS) is 10.2. The lowest BCUT2D eigenvalue weighted by Gasteiger charge is -2.11. The van der Waals surface area contributed by atoms with Crippen LogP contribution in [0.5, 0.6) is 0 Å². The Kier molecular flexibility index (Phi) is 5.06. The van der Waals surface area contributed by atoms with Crippen LogP contribution >= 0.6 is 47.0 Å². The Morgan fingerprint density at radius 1 is 1.10 bits per heavy atom. The van der Waals surface area contributed by atoms with Crippen molar-refractivity contribution in [2.24, 2.45) is 5.73 Å². The van der Waals surface area contributed by atoms with E-state index in [0.717, 1.165) is 0 Å². The van der Waals surface area contributed by atoms with E-state index >= 15 is 0 Å². The average molecular weight is 360 g/mol. The zero-order valence-electron chi connectivity index (χ0n) is 10.5. The van der Waals surface area contributed by atoms with Gasteiger partial charge in [0.25, 0.3) is 5.91 Å². The largest absolute Gasteiger partial charge is 0.389 e. The maximum atomic E-state index is 12.3. The molecule has 0 spiro atoms. The Balaban J connectivity index is 2.38. The first-order valence-corrected chi connectivity index (χ1v) is 7.29. The molecule has 21 heavy (non-hydrogen) atoms. The first kappa shape index (κ1) is 16.0. The molecule has 0 aromatic heterocycles. The fourth-order valence-electron chi connectivity index (χ4n) is 1.70. The summed E-state index contributed by atoms with van der Waals surface area (Å²) in [5.74, 6) is -0.428. The number of hydrogen-bond acceptors (Lipinski definition) is 2. The number of thiocarbonyl (C=S) groups is 1. The molecule has 7 heteroatoms. The predicted octanol–water partition coefficient (Wildman–Crippen LogP) is 4.53. The van der Waals surface area contributed by atoms with Crippen molar-refractivity contribution in [3.63, 3.8) is 0 Å². The molecule has 0 bridgehead atoms. The summed E-state index contributed by atoms with van der Waals surface area (Å²) in [6.07, 6.45) is 0. The highest BCUT2D eigenvalue weighted by molar-refractivity contribution is 7.80. The molecular weight excluding hydrogens is 351 g/mol. The topological polar surface area (TPSA) is 55.1 Å². The quantitative estimate of drug-likeness (QED) is 0.791. The first-order valence-electron chi connectivity index (χ1n) is 5.75. The van der Waals surface area contributed by atoms with Crippen molar-refractivity contribution in [2.45, 2.75) is 0 Å². The Hall–Kier alpha value is -1.33. The minimum Gasteiger partial charge on any atom is -0.389 e. The summed E-state index contributed by atoms with van der Waals surface area (Å²) in [5, 5.41) is 3.60. The smallest absolute Gasteiger partial charge is 0.257 e. The van der Waals surface area contributed by atoms with Gasteiger partial charge in [0.15, 0.2) is 0 Å². The number of anilines is 1. The van der Waals surface area contributed by atoms with Crippen molar-refractivity contribution in [1.82, 2.24) is 0 Å². The van der Waals surface area contributed by atoms with E-state index in [4.69, 9.17) is 52.8 Å². The zero-order valence-corrected chi connectivity index (χ0v) is 13.6. The van der Waals surface area contributed by atoms with Crippen molar-refractivity contribution in [1.29, 1.82) is 0 Å². The number of benzene rings is 2. The highest BCUT2D eigenvalue weighted by atomic mass is 35.5. The van der Waals surface area contributed by atoms with E-state index in [2.05, 4.69) is 5.32 Å². The van der Waals surface area contributed by atoms with Crippen molar-refractivity contribution in [2.75, 3.05) is 5.32 Å². The van der Waals surface area contributed by atoms with Crippen molar-refractivity contribution < 1.29 is 4.79 Å². The van der Waals surface area contributed by atoms with Gasteiger partial charge in [0.2, 0.25) is 0 Å². The number of nitrogens with one attached hydrogen (secondary N) is 1. The Labute approximate surface area is 142 Å². The van der Waals surface area contributed by atoms with Gasteiger partial charge in [-0.25, -0.2) is 0 Å². The first-order chi connectivity index (χ1) is 9.90. The summed E-state index contributed by atoms with van der Waals surface area (Å²) in [7, 11) is 0. The molecule has 0 aliphatic heterocycles. The van der Waals surface area contributed by atoms with Gasteiger partial charge in [0.1, 0.15) is 4.99 Å². The molecule has 0 radical (unpaired) electrons. The third-order valence-corrected chi connectivity index (χ3v) is 3.97. The molecule has 0 unspecified atom stereocenters. The predicted molar refractivity (Wildman–Crippen MR) is 91.8 cm³/mol. The molecular formula is C14H9Cl3N2OS. The van der Waals surface area contributed by atoms with Crippen molar-refractivity contribution in [3.8, 4) is 0 Å². The van der Waals surface area contributed by atoms with Gasteiger partial charge in [-0.1, -0.05) is 53.1 Å². The minimum atomic E-state index is -0.428. The Bertz CT molecular complexity index is 734. The van der Waals surface area contributed by atoms with Crippen LogP contribution in [0.25, 0.3) is 0 Å². The third kappa shape index (κ3) is 3.66. The summed E-state index contributed by atoms with van der Waals surface area (Å²) >= 11 is 22.8. The summed E-state index contributed by atoms with van der Waals surface area (Å²) < 4.78 is 0. The van der Waals surface area contributed by atoms with Gasteiger partial charge < -0.3 is 11.1 Å². The monoisotopic (exact) mass is 358 g/mol. The molecule has 0 aliphatic carbocycles. The van der Waals surface area contributed by atoms with Crippen LogP contribution in [0.2, 0.25) is 15.1 Å². The zero-order chi connectivity index (χ0) is 15.6. The van der Waals surface area contributed by atoms with E-state index in [1.165, 1.54) is 0 Å². The molecule has 0 saturated heterocycles. The summed E-state index contributed by atoms with van der Waals surface area (Å²) in [6.45, 7) is 0. The van der Waals surface area contributed by atoms with Crippen LogP contribution in [0.15, 0.2) is 36.4 Å². The van der Waals surface area contributed by atoms with Crippen LogP contribution in [0, 0.1) is 0 Å². The standard InChI is InChI=1S/C14H9Cl3N2OS/c15-7-4-5-8(13(18)21)11(6-7)19-14(20)9-2-1-3-10(16)12(9)17/h1-6H,(H2,18,21)(H,19,20). The van der Waals surface area contributed by atoms with E-state index in [1.54, 1.807) is 36.4 Å². The Morgan fingerprint density at radius 2 is 1.81 bits per heavy atom. The van der Waals surface area contributed by atoms with Gasteiger partial charge in [0.05, 0.1) is 21.3 Å². The van der Waals surface area contributed by atoms with Crippen LogP contribution in [-0.4, -0.2) is 10.9 Å². The molecule has 0 aliphatic rings. The number of amides is 1. The lowest BCUT2D eigenvalue weighted by Crippen LogP contribution is -2.18.